The average molecular weight is 782 g/mol. The largest absolute Gasteiger partial charge is 0.379 e. The van der Waals surface area contributed by atoms with Crippen LogP contribution < -0.4 is 21.3 Å². The van der Waals surface area contributed by atoms with Gasteiger partial charge >= 0.3 is 0 Å². The van der Waals surface area contributed by atoms with Crippen molar-refractivity contribution in [1.82, 2.24) is 26.2 Å². The summed E-state index contributed by atoms with van der Waals surface area (Å²) >= 11 is 0. The number of nitrogens with zero attached hydrogens (tertiary/aromatic N) is 1. The fraction of sp³-hybridized carbons (Fsp3) is 0.595. The van der Waals surface area contributed by atoms with Gasteiger partial charge in [0, 0.05) is 44.8 Å². The lowest BCUT2D eigenvalue weighted by molar-refractivity contribution is -0.143. The molecule has 4 amide bonds. The molecule has 0 unspecified atom stereocenters. The van der Waals surface area contributed by atoms with Crippen LogP contribution in [0.4, 0.5) is 8.78 Å². The Balaban J connectivity index is 1.37. The first-order valence-corrected chi connectivity index (χ1v) is 19.8. The second kappa shape index (κ2) is 19.3. The molecule has 2 heterocycles. The van der Waals surface area contributed by atoms with Crippen molar-refractivity contribution in [3.05, 3.63) is 71.8 Å². The molecule has 306 valence electrons. The quantitative estimate of drug-likeness (QED) is 0.158. The van der Waals surface area contributed by atoms with E-state index in [1.807, 2.05) is 67.3 Å². The van der Waals surface area contributed by atoms with E-state index in [1.54, 1.807) is 19.1 Å². The summed E-state index contributed by atoms with van der Waals surface area (Å²) in [7, 11) is 0. The fourth-order valence-electron chi connectivity index (χ4n) is 7.33. The number of aryl methyl sites for hydroxylation is 1. The normalized spacial score (nSPS) is 21.9. The first-order chi connectivity index (χ1) is 26.7. The summed E-state index contributed by atoms with van der Waals surface area (Å²) in [6.07, 6.45) is -0.850. The van der Waals surface area contributed by atoms with E-state index in [4.69, 9.17) is 9.47 Å². The topological polar surface area (TPSA) is 158 Å². The van der Waals surface area contributed by atoms with Gasteiger partial charge in [0.1, 0.15) is 23.2 Å². The average Bonchev–Trinajstić information content (AvgIpc) is 3.93. The van der Waals surface area contributed by atoms with Crippen LogP contribution in [-0.4, -0.2) is 109 Å². The summed E-state index contributed by atoms with van der Waals surface area (Å²) < 4.78 is 40.2. The number of hydrogen-bond donors (Lipinski definition) is 4. The predicted molar refractivity (Wildman–Crippen MR) is 206 cm³/mol. The van der Waals surface area contributed by atoms with Crippen LogP contribution in [0.3, 0.4) is 0 Å². The van der Waals surface area contributed by atoms with Crippen molar-refractivity contribution in [2.24, 2.45) is 5.92 Å². The molecule has 1 aliphatic carbocycles. The number of Topliss-reactive ketones (excluding diaryl/α,β-unsaturated/α-hetero) is 1. The van der Waals surface area contributed by atoms with Crippen LogP contribution in [0, 0.1) is 5.92 Å². The van der Waals surface area contributed by atoms with Crippen LogP contribution in [0.25, 0.3) is 0 Å². The number of carbonyl (C=O) groups excluding carboxylic acids is 5. The number of halogens is 2. The third kappa shape index (κ3) is 12.6. The second-order valence-electron chi connectivity index (χ2n) is 16.2. The Morgan fingerprint density at radius 1 is 0.804 bits per heavy atom. The Morgan fingerprint density at radius 2 is 1.41 bits per heavy atom. The van der Waals surface area contributed by atoms with Gasteiger partial charge in [0.25, 0.3) is 0 Å². The van der Waals surface area contributed by atoms with Crippen molar-refractivity contribution >= 4 is 29.4 Å². The third-order valence-corrected chi connectivity index (χ3v) is 10.9. The summed E-state index contributed by atoms with van der Waals surface area (Å²) in [5.74, 6) is -5.41. The molecule has 4 atom stereocenters. The van der Waals surface area contributed by atoms with E-state index in [0.717, 1.165) is 11.1 Å². The van der Waals surface area contributed by atoms with Gasteiger partial charge in [0.15, 0.2) is 5.78 Å². The highest BCUT2D eigenvalue weighted by Crippen LogP contribution is 2.39. The van der Waals surface area contributed by atoms with E-state index in [0.29, 0.717) is 45.8 Å². The number of nitrogens with one attached hydrogen (secondary N) is 4. The van der Waals surface area contributed by atoms with Gasteiger partial charge in [0.05, 0.1) is 26.4 Å². The maximum Gasteiger partial charge on any atom is 0.248 e. The number of benzene rings is 2. The van der Waals surface area contributed by atoms with Crippen molar-refractivity contribution in [1.29, 1.82) is 0 Å². The zero-order chi connectivity index (χ0) is 40.3. The Kier molecular flexibility index (Phi) is 14.7. The van der Waals surface area contributed by atoms with Crippen LogP contribution in [0.5, 0.6) is 0 Å². The number of epoxide rings is 1. The summed E-state index contributed by atoms with van der Waals surface area (Å²) in [6, 6.07) is 15.7. The molecule has 0 bridgehead atoms. The predicted octanol–water partition coefficient (Wildman–Crippen LogP) is 3.51. The first kappa shape index (κ1) is 42.9. The lowest BCUT2D eigenvalue weighted by Crippen LogP contribution is -2.66. The molecule has 0 aromatic heterocycles. The highest BCUT2D eigenvalue weighted by molar-refractivity contribution is 5.97. The Morgan fingerprint density at radius 3 is 2.00 bits per heavy atom. The van der Waals surface area contributed by atoms with Crippen LogP contribution in [0.1, 0.15) is 76.8 Å². The maximum absolute atomic E-state index is 14.7. The summed E-state index contributed by atoms with van der Waals surface area (Å²) in [4.78, 5) is 71.1. The molecule has 2 aromatic rings. The van der Waals surface area contributed by atoms with E-state index in [9.17, 15) is 32.8 Å². The van der Waals surface area contributed by atoms with Crippen LogP contribution >= 0.6 is 0 Å². The number of ether oxygens (including phenoxy) is 2. The van der Waals surface area contributed by atoms with Gasteiger partial charge in [-0.2, -0.15) is 0 Å². The molecule has 5 rings (SSSR count). The lowest BCUT2D eigenvalue weighted by Gasteiger charge is -2.41. The molecule has 3 fully saturated rings. The Hall–Kier alpha value is -4.27. The molecule has 56 heavy (non-hydrogen) atoms. The van der Waals surface area contributed by atoms with Gasteiger partial charge in [-0.05, 0) is 56.1 Å². The number of rotatable bonds is 19. The van der Waals surface area contributed by atoms with Gasteiger partial charge in [-0.3, -0.25) is 28.9 Å². The first-order valence-electron chi connectivity index (χ1n) is 19.8. The lowest BCUT2D eigenvalue weighted by atomic mass is 9.78. The number of ketones is 1. The van der Waals surface area contributed by atoms with E-state index < -0.39 is 65.8 Å². The minimum atomic E-state index is -3.05. The zero-order valence-corrected chi connectivity index (χ0v) is 32.8. The molecule has 0 spiro atoms. The van der Waals surface area contributed by atoms with E-state index in [2.05, 4.69) is 21.3 Å². The summed E-state index contributed by atoms with van der Waals surface area (Å²) in [5, 5.41) is 11.5. The van der Waals surface area contributed by atoms with Gasteiger partial charge in [-0.1, -0.05) is 74.5 Å². The summed E-state index contributed by atoms with van der Waals surface area (Å²) in [5.41, 5.74) is -0.991. The van der Waals surface area contributed by atoms with Crippen LogP contribution in [-0.2, 0) is 46.3 Å². The van der Waals surface area contributed by atoms with Crippen LogP contribution in [0.15, 0.2) is 60.7 Å². The molecule has 2 saturated heterocycles. The third-order valence-electron chi connectivity index (χ3n) is 10.9. The second-order valence-corrected chi connectivity index (χ2v) is 16.2. The van der Waals surface area contributed by atoms with E-state index in [1.165, 1.54) is 0 Å². The molecule has 4 N–H and O–H groups in total. The van der Waals surface area contributed by atoms with Gasteiger partial charge < -0.3 is 30.7 Å². The highest BCUT2D eigenvalue weighted by atomic mass is 19.3. The molecular formula is C42H57F2N5O7. The zero-order valence-electron chi connectivity index (χ0n) is 32.8. The van der Waals surface area contributed by atoms with Crippen LogP contribution in [0.2, 0.25) is 0 Å². The van der Waals surface area contributed by atoms with Crippen molar-refractivity contribution < 1.29 is 42.2 Å². The number of carbonyl (C=O) groups is 5. The monoisotopic (exact) mass is 781 g/mol. The van der Waals surface area contributed by atoms with Crippen molar-refractivity contribution in [3.8, 4) is 0 Å². The minimum absolute atomic E-state index is 0.0439. The molecule has 2 aliphatic heterocycles. The maximum atomic E-state index is 14.7. The van der Waals surface area contributed by atoms with Gasteiger partial charge in [-0.15, -0.1) is 0 Å². The number of amides is 4. The number of alkyl halides is 2. The molecule has 12 nitrogen and oxygen atoms in total. The molecule has 0 radical (unpaired) electrons. The van der Waals surface area contributed by atoms with Gasteiger partial charge in [-0.25, -0.2) is 8.78 Å². The van der Waals surface area contributed by atoms with Crippen molar-refractivity contribution in [2.45, 2.75) is 114 Å². The SMILES string of the molecule is CC(C)C[C@@H](CC(=O)[C@@]1(C)CO1)NC(=O)[C@H](Cc1ccccc1)NC(=O)C1(NC(=O)[C@H](CCc2ccccc2)NC(=O)CN2CCOCC2)CCC(F)(F)CC1. The molecule has 1 saturated carbocycles. The number of morpholine rings is 1. The Labute approximate surface area is 328 Å². The van der Waals surface area contributed by atoms with Crippen molar-refractivity contribution in [2.75, 3.05) is 39.5 Å². The smallest absolute Gasteiger partial charge is 0.248 e. The Bertz CT molecular complexity index is 1640. The molecule has 2 aromatic carbocycles. The standard InChI is InChI=1S/C42H57F2N5O7/c1-29(2)24-32(26-35(50)40(3)28-56-40)45-37(52)34(25-31-12-8-5-9-13-31)47-39(54)41(16-18-42(43,44)19-17-41)48-38(53)33(15-14-30-10-6-4-7-11-30)46-36(51)27-49-20-22-55-23-21-49/h4-13,29,32-34H,14-28H2,1-3H3,(H,45,52)(H,46,51)(H,47,54)(H,48,53)/t32-,33-,34-,40+/m0/s1. The number of hydrogen-bond acceptors (Lipinski definition) is 8. The molecule has 3 aliphatic rings. The van der Waals surface area contributed by atoms with Gasteiger partial charge in [0.2, 0.25) is 29.6 Å². The summed E-state index contributed by atoms with van der Waals surface area (Å²) in [6.45, 7) is 8.13. The molecular weight excluding hydrogens is 724 g/mol. The van der Waals surface area contributed by atoms with Crippen molar-refractivity contribution in [3.63, 3.8) is 0 Å². The minimum Gasteiger partial charge on any atom is -0.379 e. The molecule has 14 heteroatoms. The van der Waals surface area contributed by atoms with E-state index in [-0.39, 0.29) is 56.3 Å². The fourth-order valence-corrected chi connectivity index (χ4v) is 7.33. The highest BCUT2D eigenvalue weighted by Gasteiger charge is 2.50. The van der Waals surface area contributed by atoms with E-state index >= 15 is 0 Å².